The summed E-state index contributed by atoms with van der Waals surface area (Å²) < 4.78 is 46.7. The number of aryl methyl sites for hydroxylation is 1. The molecular weight excluding hydrogens is 315 g/mol. The number of carbonyl (C=O) groups excluding carboxylic acids is 1. The van der Waals surface area contributed by atoms with Crippen molar-refractivity contribution < 1.29 is 27.4 Å². The summed E-state index contributed by atoms with van der Waals surface area (Å²) in [7, 11) is -2.98. The van der Waals surface area contributed by atoms with E-state index in [9.17, 15) is 22.7 Å². The fraction of sp³-hybridized carbons (Fsp3) is 0.462. The molecule has 0 saturated carbocycles. The second kappa shape index (κ2) is 6.59. The van der Waals surface area contributed by atoms with Crippen molar-refractivity contribution in [3.63, 3.8) is 0 Å². The number of nitrogens with one attached hydrogen (secondary N) is 1. The van der Waals surface area contributed by atoms with Gasteiger partial charge in [0.1, 0.15) is 4.90 Å². The van der Waals surface area contributed by atoms with Crippen LogP contribution in [0.4, 0.5) is 4.39 Å². The highest BCUT2D eigenvalue weighted by Crippen LogP contribution is 2.22. The molecule has 124 valence electrons. The predicted octanol–water partition coefficient (Wildman–Crippen LogP) is 0.556. The van der Waals surface area contributed by atoms with Gasteiger partial charge in [0.15, 0.2) is 11.5 Å². The molecule has 1 aromatic heterocycles. The van der Waals surface area contributed by atoms with Gasteiger partial charge in [0.05, 0.1) is 18.8 Å². The van der Waals surface area contributed by atoms with Gasteiger partial charge in [0.25, 0.3) is 0 Å². The number of nitrogens with zero attached hydrogens (tertiary/aromatic N) is 1. The standard InChI is InChI=1S/C13H19FN2O5S/c1-5-13(3,8-17)15-22(19,20)9-7-16(4)11(10(9)14)12(18)21-6-2/h5,7,15,17H,1,6,8H2,2-4H3. The molecule has 7 nitrogen and oxygen atoms in total. The summed E-state index contributed by atoms with van der Waals surface area (Å²) in [6.07, 6.45) is 2.16. The van der Waals surface area contributed by atoms with Crippen LogP contribution in [0.3, 0.4) is 0 Å². The molecule has 0 spiro atoms. The van der Waals surface area contributed by atoms with E-state index < -0.39 is 44.5 Å². The van der Waals surface area contributed by atoms with Crippen LogP contribution in [0, 0.1) is 5.82 Å². The lowest BCUT2D eigenvalue weighted by atomic mass is 10.1. The van der Waals surface area contributed by atoms with Gasteiger partial charge in [-0.25, -0.2) is 17.6 Å². The summed E-state index contributed by atoms with van der Waals surface area (Å²) in [5.74, 6) is -2.17. The Morgan fingerprint density at radius 1 is 1.64 bits per heavy atom. The molecule has 1 atom stereocenters. The van der Waals surface area contributed by atoms with Crippen LogP contribution in [0.5, 0.6) is 0 Å². The lowest BCUT2D eigenvalue weighted by molar-refractivity contribution is 0.0509. The van der Waals surface area contributed by atoms with Crippen molar-refractivity contribution in [1.82, 2.24) is 9.29 Å². The lowest BCUT2D eigenvalue weighted by Gasteiger charge is -2.23. The van der Waals surface area contributed by atoms with E-state index in [0.29, 0.717) is 0 Å². The zero-order chi connectivity index (χ0) is 17.1. The van der Waals surface area contributed by atoms with E-state index >= 15 is 0 Å². The van der Waals surface area contributed by atoms with Gasteiger partial charge in [-0.2, -0.15) is 4.72 Å². The van der Waals surface area contributed by atoms with Crippen LogP contribution in [0.15, 0.2) is 23.7 Å². The lowest BCUT2D eigenvalue weighted by Crippen LogP contribution is -2.47. The van der Waals surface area contributed by atoms with Gasteiger partial charge in [-0.3, -0.25) is 0 Å². The molecule has 9 heteroatoms. The van der Waals surface area contributed by atoms with Crippen molar-refractivity contribution >= 4 is 16.0 Å². The van der Waals surface area contributed by atoms with Gasteiger partial charge < -0.3 is 14.4 Å². The Hall–Kier alpha value is -1.71. The Balaban J connectivity index is 3.31. The summed E-state index contributed by atoms with van der Waals surface area (Å²) >= 11 is 0. The number of hydrogen-bond donors (Lipinski definition) is 2. The highest BCUT2D eigenvalue weighted by atomic mass is 32.2. The van der Waals surface area contributed by atoms with E-state index in [-0.39, 0.29) is 6.61 Å². The normalized spacial score (nSPS) is 14.4. The smallest absolute Gasteiger partial charge is 0.358 e. The molecule has 2 N–H and O–H groups in total. The summed E-state index contributed by atoms with van der Waals surface area (Å²) in [6.45, 7) is 5.82. The highest BCUT2D eigenvalue weighted by Gasteiger charge is 2.33. The monoisotopic (exact) mass is 334 g/mol. The van der Waals surface area contributed by atoms with Crippen molar-refractivity contribution in [2.45, 2.75) is 24.3 Å². The average Bonchev–Trinajstić information content (AvgIpc) is 2.74. The quantitative estimate of drug-likeness (QED) is 0.561. The molecule has 0 aromatic carbocycles. The SMILES string of the molecule is C=CC(C)(CO)NS(=O)(=O)c1cn(C)c(C(=O)OCC)c1F. The number of rotatable bonds is 7. The third-order valence-electron chi connectivity index (χ3n) is 2.99. The second-order valence-electron chi connectivity index (χ2n) is 4.87. The van der Waals surface area contributed by atoms with E-state index in [1.807, 2.05) is 0 Å². The fourth-order valence-corrected chi connectivity index (χ4v) is 3.19. The van der Waals surface area contributed by atoms with Crippen LogP contribution in [-0.4, -0.2) is 42.8 Å². The van der Waals surface area contributed by atoms with Crippen LogP contribution < -0.4 is 4.72 Å². The van der Waals surface area contributed by atoms with Gasteiger partial charge in [-0.1, -0.05) is 6.08 Å². The van der Waals surface area contributed by atoms with E-state index in [0.717, 1.165) is 10.8 Å². The molecule has 1 rings (SSSR count). The molecule has 1 aromatic rings. The van der Waals surface area contributed by atoms with Crippen molar-refractivity contribution in [2.75, 3.05) is 13.2 Å². The molecule has 0 radical (unpaired) electrons. The summed E-state index contributed by atoms with van der Waals surface area (Å²) in [5.41, 5.74) is -1.85. The van der Waals surface area contributed by atoms with Crippen LogP contribution in [0.2, 0.25) is 0 Å². The Morgan fingerprint density at radius 3 is 2.68 bits per heavy atom. The van der Waals surface area contributed by atoms with Gasteiger partial charge in [0.2, 0.25) is 10.0 Å². The second-order valence-corrected chi connectivity index (χ2v) is 6.52. The van der Waals surface area contributed by atoms with Crippen molar-refractivity contribution in [3.05, 3.63) is 30.4 Å². The van der Waals surface area contributed by atoms with E-state index in [4.69, 9.17) is 0 Å². The molecule has 1 unspecified atom stereocenters. The van der Waals surface area contributed by atoms with Crippen LogP contribution in [0.25, 0.3) is 0 Å². The number of sulfonamides is 1. The summed E-state index contributed by atoms with van der Waals surface area (Å²) in [6, 6.07) is 0. The van der Waals surface area contributed by atoms with Gasteiger partial charge >= 0.3 is 5.97 Å². The molecule has 0 aliphatic heterocycles. The van der Waals surface area contributed by atoms with Crippen LogP contribution in [0.1, 0.15) is 24.3 Å². The summed E-state index contributed by atoms with van der Waals surface area (Å²) in [4.78, 5) is 11.0. The van der Waals surface area contributed by atoms with Crippen molar-refractivity contribution in [1.29, 1.82) is 0 Å². The number of aliphatic hydroxyl groups is 1. The topological polar surface area (TPSA) is 97.6 Å². The van der Waals surface area contributed by atoms with Gasteiger partial charge in [-0.15, -0.1) is 6.58 Å². The molecule has 1 heterocycles. The molecule has 0 fully saturated rings. The first kappa shape index (κ1) is 18.3. The molecule has 0 bridgehead atoms. The molecule has 0 amide bonds. The average molecular weight is 334 g/mol. The highest BCUT2D eigenvalue weighted by molar-refractivity contribution is 7.89. The van der Waals surface area contributed by atoms with E-state index in [1.54, 1.807) is 6.92 Å². The van der Waals surface area contributed by atoms with Gasteiger partial charge in [-0.05, 0) is 13.8 Å². The number of esters is 1. The predicted molar refractivity (Wildman–Crippen MR) is 77.3 cm³/mol. The Kier molecular flexibility index (Phi) is 5.49. The maximum Gasteiger partial charge on any atom is 0.358 e. The minimum atomic E-state index is -4.31. The van der Waals surface area contributed by atoms with Gasteiger partial charge in [0, 0.05) is 13.2 Å². The first-order chi connectivity index (χ1) is 10.1. The Morgan fingerprint density at radius 2 is 2.23 bits per heavy atom. The molecule has 22 heavy (non-hydrogen) atoms. The number of aromatic nitrogens is 1. The zero-order valence-electron chi connectivity index (χ0n) is 12.6. The van der Waals surface area contributed by atoms with E-state index in [1.165, 1.54) is 20.0 Å². The third-order valence-corrected chi connectivity index (χ3v) is 4.59. The van der Waals surface area contributed by atoms with Crippen molar-refractivity contribution in [3.8, 4) is 0 Å². The number of halogens is 1. The number of carbonyl (C=O) groups is 1. The first-order valence-corrected chi connectivity index (χ1v) is 7.90. The van der Waals surface area contributed by atoms with Crippen LogP contribution >= 0.6 is 0 Å². The Labute approximate surface area is 128 Å². The molecule has 0 saturated heterocycles. The Bertz CT molecular complexity index is 683. The van der Waals surface area contributed by atoms with E-state index in [2.05, 4.69) is 16.0 Å². The maximum absolute atomic E-state index is 14.3. The molecule has 0 aliphatic rings. The van der Waals surface area contributed by atoms with Crippen LogP contribution in [-0.2, 0) is 21.8 Å². The summed E-state index contributed by atoms with van der Waals surface area (Å²) in [5, 5.41) is 9.21. The largest absolute Gasteiger partial charge is 0.461 e. The zero-order valence-corrected chi connectivity index (χ0v) is 13.4. The number of aliphatic hydroxyl groups excluding tert-OH is 1. The minimum Gasteiger partial charge on any atom is -0.461 e. The molecular formula is C13H19FN2O5S. The number of hydrogen-bond acceptors (Lipinski definition) is 5. The minimum absolute atomic E-state index is 0.0306. The molecule has 0 aliphatic carbocycles. The fourth-order valence-electron chi connectivity index (χ4n) is 1.69. The third kappa shape index (κ3) is 3.54. The number of ether oxygens (including phenoxy) is 1. The van der Waals surface area contributed by atoms with Crippen molar-refractivity contribution in [2.24, 2.45) is 7.05 Å². The maximum atomic E-state index is 14.3. The first-order valence-electron chi connectivity index (χ1n) is 6.42.